The Morgan fingerprint density at radius 3 is 2.79 bits per heavy atom. The first-order chi connectivity index (χ1) is 11.6. The summed E-state index contributed by atoms with van der Waals surface area (Å²) in [5.41, 5.74) is 6.80. The molecule has 1 aromatic carbocycles. The molecule has 4 aromatic rings. The molecule has 0 unspecified atom stereocenters. The summed E-state index contributed by atoms with van der Waals surface area (Å²) in [6.45, 7) is 1.70. The Hall–Kier alpha value is -3.56. The average Bonchev–Trinajstić information content (AvgIpc) is 3.13. The van der Waals surface area contributed by atoms with Crippen molar-refractivity contribution in [3.8, 4) is 5.95 Å². The molecule has 3 aromatic heterocycles. The van der Waals surface area contributed by atoms with Gasteiger partial charge in [0.2, 0.25) is 17.8 Å². The third-order valence-electron chi connectivity index (χ3n) is 3.32. The molecule has 24 heavy (non-hydrogen) atoms. The maximum atomic E-state index is 13.7. The van der Waals surface area contributed by atoms with Crippen LogP contribution in [-0.2, 0) is 0 Å². The number of imidazole rings is 1. The van der Waals surface area contributed by atoms with Crippen LogP contribution in [0.5, 0.6) is 0 Å². The smallest absolute Gasteiger partial charge is 0.242 e. The van der Waals surface area contributed by atoms with Gasteiger partial charge in [-0.05, 0) is 19.1 Å². The normalized spacial score (nSPS) is 11.1. The number of fused-ring (bicyclic) bond motifs is 1. The minimum Gasteiger partial charge on any atom is -0.368 e. The van der Waals surface area contributed by atoms with E-state index in [2.05, 4.69) is 35.5 Å². The van der Waals surface area contributed by atoms with Crippen LogP contribution in [-0.4, -0.2) is 34.7 Å². The molecule has 0 aliphatic heterocycles. The van der Waals surface area contributed by atoms with Crippen LogP contribution in [0.1, 0.15) is 5.82 Å². The fraction of sp³-hybridized carbons (Fsp3) is 0.0714. The van der Waals surface area contributed by atoms with Crippen molar-refractivity contribution in [1.82, 2.24) is 34.7 Å². The van der Waals surface area contributed by atoms with Gasteiger partial charge in [0.1, 0.15) is 17.5 Å². The molecule has 0 atom stereocenters. The molecule has 4 N–H and O–H groups in total. The van der Waals surface area contributed by atoms with Gasteiger partial charge in [-0.3, -0.25) is 5.10 Å². The van der Waals surface area contributed by atoms with Crippen LogP contribution in [0, 0.1) is 12.7 Å². The number of rotatable bonds is 3. The molecule has 120 valence electrons. The second-order valence-corrected chi connectivity index (χ2v) is 5.04. The molecule has 0 fully saturated rings. The number of hydrogen-bond donors (Lipinski definition) is 3. The quantitative estimate of drug-likeness (QED) is 0.524. The van der Waals surface area contributed by atoms with Crippen LogP contribution in [0.2, 0.25) is 0 Å². The minimum atomic E-state index is -0.393. The first-order valence-corrected chi connectivity index (χ1v) is 7.03. The third kappa shape index (κ3) is 2.39. The molecule has 3 heterocycles. The summed E-state index contributed by atoms with van der Waals surface area (Å²) in [5.74, 6) is 1.38. The van der Waals surface area contributed by atoms with Crippen molar-refractivity contribution in [3.63, 3.8) is 0 Å². The van der Waals surface area contributed by atoms with Crippen molar-refractivity contribution in [2.75, 3.05) is 11.1 Å². The average molecular weight is 325 g/mol. The number of aromatic nitrogens is 7. The molecule has 9 nitrogen and oxygen atoms in total. The third-order valence-corrected chi connectivity index (χ3v) is 3.32. The zero-order valence-corrected chi connectivity index (χ0v) is 12.5. The standard InChI is InChI=1S/C14H12FN9/c1-7-18-12(16)22-13(19-7)24-10-6-8(15)2-3-9(10)20-14(24)21-11-4-5-17-23-11/h2-6H,1H3,(H2,16,18,19,22)(H2,17,20,21,23). The van der Waals surface area contributed by atoms with Gasteiger partial charge < -0.3 is 11.1 Å². The van der Waals surface area contributed by atoms with Crippen molar-refractivity contribution in [1.29, 1.82) is 0 Å². The lowest BCUT2D eigenvalue weighted by Gasteiger charge is -2.09. The molecule has 10 heteroatoms. The van der Waals surface area contributed by atoms with Crippen molar-refractivity contribution in [2.24, 2.45) is 0 Å². The summed E-state index contributed by atoms with van der Waals surface area (Å²) in [5, 5.41) is 9.72. The largest absolute Gasteiger partial charge is 0.368 e. The SMILES string of the molecule is Cc1nc(N)nc(-n2c(Nc3ccn[nH]3)nc3ccc(F)cc32)n1. The fourth-order valence-corrected chi connectivity index (χ4v) is 2.37. The van der Waals surface area contributed by atoms with E-state index in [4.69, 9.17) is 5.73 Å². The number of hydrogen-bond acceptors (Lipinski definition) is 7. The number of nitrogens with zero attached hydrogens (tertiary/aromatic N) is 6. The van der Waals surface area contributed by atoms with E-state index in [9.17, 15) is 4.39 Å². The molecule has 0 bridgehead atoms. The zero-order chi connectivity index (χ0) is 16.7. The Labute approximate surface area is 134 Å². The highest BCUT2D eigenvalue weighted by Gasteiger charge is 2.17. The second-order valence-electron chi connectivity index (χ2n) is 5.04. The number of nitrogens with two attached hydrogens (primary N) is 1. The van der Waals surface area contributed by atoms with Crippen molar-refractivity contribution in [3.05, 3.63) is 42.1 Å². The van der Waals surface area contributed by atoms with Gasteiger partial charge in [-0.15, -0.1) is 0 Å². The maximum absolute atomic E-state index is 13.7. The van der Waals surface area contributed by atoms with Gasteiger partial charge in [0, 0.05) is 12.1 Å². The maximum Gasteiger partial charge on any atom is 0.242 e. The monoisotopic (exact) mass is 325 g/mol. The Bertz CT molecular complexity index is 1000. The molecular formula is C14H12FN9. The number of nitrogens with one attached hydrogen (secondary N) is 2. The molecule has 0 amide bonds. The van der Waals surface area contributed by atoms with Crippen LogP contribution < -0.4 is 11.1 Å². The van der Waals surface area contributed by atoms with Gasteiger partial charge in [0.15, 0.2) is 0 Å². The van der Waals surface area contributed by atoms with Crippen LogP contribution in [0.15, 0.2) is 30.5 Å². The number of benzene rings is 1. The summed E-state index contributed by atoms with van der Waals surface area (Å²) in [7, 11) is 0. The Balaban J connectivity index is 1.97. The number of H-pyrrole nitrogens is 1. The van der Waals surface area contributed by atoms with Crippen LogP contribution in [0.25, 0.3) is 17.0 Å². The van der Waals surface area contributed by atoms with Gasteiger partial charge in [0.25, 0.3) is 0 Å². The Morgan fingerprint density at radius 2 is 2.04 bits per heavy atom. The molecule has 0 radical (unpaired) electrons. The number of halogens is 1. The summed E-state index contributed by atoms with van der Waals surface area (Å²) in [6, 6.07) is 6.01. The van der Waals surface area contributed by atoms with E-state index in [1.165, 1.54) is 12.1 Å². The van der Waals surface area contributed by atoms with Crippen LogP contribution in [0.4, 0.5) is 22.1 Å². The van der Waals surface area contributed by atoms with Crippen molar-refractivity contribution < 1.29 is 4.39 Å². The highest BCUT2D eigenvalue weighted by Crippen LogP contribution is 2.25. The predicted octanol–water partition coefficient (Wildman–Crippen LogP) is 1.71. The van der Waals surface area contributed by atoms with Gasteiger partial charge in [-0.1, -0.05) is 0 Å². The van der Waals surface area contributed by atoms with E-state index >= 15 is 0 Å². The number of anilines is 3. The summed E-state index contributed by atoms with van der Waals surface area (Å²) >= 11 is 0. The Kier molecular flexibility index (Phi) is 3.08. The molecule has 0 aliphatic carbocycles. The van der Waals surface area contributed by atoms with Gasteiger partial charge in [-0.2, -0.15) is 20.1 Å². The van der Waals surface area contributed by atoms with Gasteiger partial charge in [-0.25, -0.2) is 13.9 Å². The molecule has 0 aliphatic rings. The van der Waals surface area contributed by atoms with Crippen molar-refractivity contribution in [2.45, 2.75) is 6.92 Å². The summed E-state index contributed by atoms with van der Waals surface area (Å²) < 4.78 is 15.3. The zero-order valence-electron chi connectivity index (χ0n) is 12.5. The van der Waals surface area contributed by atoms with Crippen LogP contribution >= 0.6 is 0 Å². The highest BCUT2D eigenvalue weighted by molar-refractivity contribution is 5.81. The molecule has 0 saturated carbocycles. The van der Waals surface area contributed by atoms with Gasteiger partial charge in [0.05, 0.1) is 17.2 Å². The Morgan fingerprint density at radius 1 is 1.17 bits per heavy atom. The van der Waals surface area contributed by atoms with E-state index in [1.54, 1.807) is 29.8 Å². The number of aromatic amines is 1. The lowest BCUT2D eigenvalue weighted by atomic mass is 10.3. The van der Waals surface area contributed by atoms with E-state index in [0.29, 0.717) is 28.6 Å². The lowest BCUT2D eigenvalue weighted by molar-refractivity contribution is 0.629. The van der Waals surface area contributed by atoms with Gasteiger partial charge >= 0.3 is 0 Å². The van der Waals surface area contributed by atoms with E-state index in [0.717, 1.165) is 0 Å². The first-order valence-electron chi connectivity index (χ1n) is 7.03. The van der Waals surface area contributed by atoms with E-state index in [1.807, 2.05) is 0 Å². The van der Waals surface area contributed by atoms with Crippen LogP contribution in [0.3, 0.4) is 0 Å². The lowest BCUT2D eigenvalue weighted by Crippen LogP contribution is -2.10. The molecule has 0 spiro atoms. The topological polar surface area (TPSA) is 123 Å². The number of nitrogen functional groups attached to an aromatic ring is 1. The second kappa shape index (κ2) is 5.26. The predicted molar refractivity (Wildman–Crippen MR) is 85.4 cm³/mol. The molecular weight excluding hydrogens is 313 g/mol. The van der Waals surface area contributed by atoms with E-state index < -0.39 is 5.82 Å². The highest BCUT2D eigenvalue weighted by atomic mass is 19.1. The number of aryl methyl sites for hydroxylation is 1. The molecule has 4 rings (SSSR count). The van der Waals surface area contributed by atoms with E-state index in [-0.39, 0.29) is 11.9 Å². The minimum absolute atomic E-state index is 0.0724. The first kappa shape index (κ1) is 14.1. The summed E-state index contributed by atoms with van der Waals surface area (Å²) in [6.07, 6.45) is 1.60. The van der Waals surface area contributed by atoms with Crippen molar-refractivity contribution >= 4 is 28.7 Å². The molecule has 0 saturated heterocycles. The summed E-state index contributed by atoms with van der Waals surface area (Å²) in [4.78, 5) is 16.8. The fourth-order valence-electron chi connectivity index (χ4n) is 2.37.